The number of halogens is 2. The second-order valence-electron chi connectivity index (χ2n) is 4.31. The maximum absolute atomic E-state index is 13.7. The molecule has 2 nitrogen and oxygen atoms in total. The van der Waals surface area contributed by atoms with Gasteiger partial charge in [-0.1, -0.05) is 24.3 Å². The van der Waals surface area contributed by atoms with Crippen LogP contribution in [0.2, 0.25) is 0 Å². The lowest BCUT2D eigenvalue weighted by Crippen LogP contribution is -2.04. The van der Waals surface area contributed by atoms with Gasteiger partial charge in [-0.05, 0) is 35.7 Å². The molecule has 4 heteroatoms. The molecule has 0 amide bonds. The van der Waals surface area contributed by atoms with Crippen molar-refractivity contribution < 1.29 is 13.5 Å². The number of aryl methyl sites for hydroxylation is 1. The number of hydrogen-bond donors (Lipinski definition) is 1. The van der Waals surface area contributed by atoms with Crippen molar-refractivity contribution in [2.45, 2.75) is 20.1 Å². The summed E-state index contributed by atoms with van der Waals surface area (Å²) in [5.41, 5.74) is 7.66. The van der Waals surface area contributed by atoms with Gasteiger partial charge in [0.05, 0.1) is 0 Å². The summed E-state index contributed by atoms with van der Waals surface area (Å²) in [6.07, 6.45) is 0. The fourth-order valence-corrected chi connectivity index (χ4v) is 1.79. The van der Waals surface area contributed by atoms with E-state index in [-0.39, 0.29) is 18.9 Å². The summed E-state index contributed by atoms with van der Waals surface area (Å²) in [5, 5.41) is 0. The van der Waals surface area contributed by atoms with Gasteiger partial charge in [0.1, 0.15) is 6.61 Å². The average molecular weight is 263 g/mol. The monoisotopic (exact) mass is 263 g/mol. The summed E-state index contributed by atoms with van der Waals surface area (Å²) < 4.78 is 32.6. The maximum Gasteiger partial charge on any atom is 0.191 e. The molecule has 0 heterocycles. The molecule has 2 rings (SSSR count). The number of nitrogens with two attached hydrogens (primary N) is 1. The van der Waals surface area contributed by atoms with Crippen LogP contribution in [0.25, 0.3) is 0 Å². The Morgan fingerprint density at radius 2 is 1.74 bits per heavy atom. The zero-order valence-electron chi connectivity index (χ0n) is 10.6. The van der Waals surface area contributed by atoms with Crippen molar-refractivity contribution in [1.29, 1.82) is 0 Å². The van der Waals surface area contributed by atoms with Crippen molar-refractivity contribution in [3.63, 3.8) is 0 Å². The lowest BCUT2D eigenvalue weighted by molar-refractivity contribution is 0.273. The smallest absolute Gasteiger partial charge is 0.191 e. The van der Waals surface area contributed by atoms with Gasteiger partial charge in [-0.15, -0.1) is 0 Å². The molecule has 0 aliphatic rings. The average Bonchev–Trinajstić information content (AvgIpc) is 2.39. The normalized spacial score (nSPS) is 10.5. The highest BCUT2D eigenvalue weighted by Gasteiger charge is 2.12. The molecule has 2 N–H and O–H groups in total. The van der Waals surface area contributed by atoms with Gasteiger partial charge in [0.25, 0.3) is 0 Å². The molecule has 0 saturated heterocycles. The summed E-state index contributed by atoms with van der Waals surface area (Å²) in [4.78, 5) is 0. The summed E-state index contributed by atoms with van der Waals surface area (Å²) in [7, 11) is 0. The fraction of sp³-hybridized carbons (Fsp3) is 0.200. The van der Waals surface area contributed by atoms with Crippen LogP contribution in [-0.2, 0) is 13.2 Å². The quantitative estimate of drug-likeness (QED) is 0.918. The molecule has 0 spiro atoms. The summed E-state index contributed by atoms with van der Waals surface area (Å²) in [6.45, 7) is 2.14. The highest BCUT2D eigenvalue weighted by atomic mass is 19.1. The van der Waals surface area contributed by atoms with Crippen molar-refractivity contribution in [2.75, 3.05) is 0 Å². The van der Waals surface area contributed by atoms with E-state index in [4.69, 9.17) is 10.5 Å². The molecule has 0 aliphatic carbocycles. The molecular weight excluding hydrogens is 248 g/mol. The fourth-order valence-electron chi connectivity index (χ4n) is 1.79. The standard InChI is InChI=1S/C15H15F2NO/c1-10-4-2-3-5-12(10)9-19-15-13(16)6-11(8-18)7-14(15)17/h2-7H,8-9,18H2,1H3. The first kappa shape index (κ1) is 13.5. The molecule has 0 aromatic heterocycles. The molecule has 2 aromatic rings. The SMILES string of the molecule is Cc1ccccc1COc1c(F)cc(CN)cc1F. The van der Waals surface area contributed by atoms with Crippen molar-refractivity contribution >= 4 is 0 Å². The summed E-state index contributed by atoms with van der Waals surface area (Å²) >= 11 is 0. The molecule has 100 valence electrons. The van der Waals surface area contributed by atoms with E-state index in [0.717, 1.165) is 11.1 Å². The van der Waals surface area contributed by atoms with Crippen molar-refractivity contribution in [2.24, 2.45) is 5.73 Å². The second-order valence-corrected chi connectivity index (χ2v) is 4.31. The molecule has 0 saturated carbocycles. The zero-order chi connectivity index (χ0) is 13.8. The Morgan fingerprint density at radius 1 is 1.11 bits per heavy atom. The molecule has 0 aliphatic heterocycles. The summed E-state index contributed by atoms with van der Waals surface area (Å²) in [6, 6.07) is 9.92. The van der Waals surface area contributed by atoms with Gasteiger partial charge < -0.3 is 10.5 Å². The van der Waals surface area contributed by atoms with E-state index >= 15 is 0 Å². The molecule has 2 aromatic carbocycles. The van der Waals surface area contributed by atoms with E-state index < -0.39 is 11.6 Å². The van der Waals surface area contributed by atoms with Gasteiger partial charge in [0.2, 0.25) is 0 Å². The first-order valence-electron chi connectivity index (χ1n) is 5.97. The van der Waals surface area contributed by atoms with E-state index in [1.807, 2.05) is 31.2 Å². The number of hydrogen-bond acceptors (Lipinski definition) is 2. The van der Waals surface area contributed by atoms with E-state index in [9.17, 15) is 8.78 Å². The minimum atomic E-state index is -0.728. The van der Waals surface area contributed by atoms with Crippen molar-refractivity contribution in [3.8, 4) is 5.75 Å². The molecule has 0 unspecified atom stereocenters. The third kappa shape index (κ3) is 3.09. The first-order chi connectivity index (χ1) is 9.11. The van der Waals surface area contributed by atoms with E-state index in [2.05, 4.69) is 0 Å². The Kier molecular flexibility index (Phi) is 4.12. The minimum absolute atomic E-state index is 0.0892. The molecule has 0 atom stereocenters. The van der Waals surface area contributed by atoms with Gasteiger partial charge >= 0.3 is 0 Å². The van der Waals surface area contributed by atoms with Gasteiger partial charge in [0, 0.05) is 6.54 Å². The van der Waals surface area contributed by atoms with Crippen LogP contribution in [0.1, 0.15) is 16.7 Å². The highest BCUT2D eigenvalue weighted by molar-refractivity contribution is 5.32. The Hall–Kier alpha value is -1.94. The Labute approximate surface area is 110 Å². The van der Waals surface area contributed by atoms with E-state index in [0.29, 0.717) is 5.56 Å². The topological polar surface area (TPSA) is 35.2 Å². The number of ether oxygens (including phenoxy) is 1. The second kappa shape index (κ2) is 5.80. The third-order valence-corrected chi connectivity index (χ3v) is 2.93. The lowest BCUT2D eigenvalue weighted by Gasteiger charge is -2.11. The Balaban J connectivity index is 2.18. The molecule has 19 heavy (non-hydrogen) atoms. The van der Waals surface area contributed by atoms with Crippen LogP contribution in [0.5, 0.6) is 5.75 Å². The van der Waals surface area contributed by atoms with Gasteiger partial charge in [0.15, 0.2) is 17.4 Å². The van der Waals surface area contributed by atoms with Gasteiger partial charge in [-0.3, -0.25) is 0 Å². The van der Waals surface area contributed by atoms with Crippen LogP contribution in [0.4, 0.5) is 8.78 Å². The maximum atomic E-state index is 13.7. The molecule has 0 radical (unpaired) electrons. The third-order valence-electron chi connectivity index (χ3n) is 2.93. The zero-order valence-corrected chi connectivity index (χ0v) is 10.6. The van der Waals surface area contributed by atoms with E-state index in [1.165, 1.54) is 12.1 Å². The van der Waals surface area contributed by atoms with Crippen LogP contribution in [0, 0.1) is 18.6 Å². The van der Waals surface area contributed by atoms with Gasteiger partial charge in [-0.25, -0.2) is 8.78 Å². The Bertz CT molecular complexity index is 561. The van der Waals surface area contributed by atoms with Crippen LogP contribution in [0.15, 0.2) is 36.4 Å². The predicted molar refractivity (Wildman–Crippen MR) is 69.8 cm³/mol. The van der Waals surface area contributed by atoms with Crippen LogP contribution < -0.4 is 10.5 Å². The summed E-state index contributed by atoms with van der Waals surface area (Å²) in [5.74, 6) is -1.82. The van der Waals surface area contributed by atoms with Crippen molar-refractivity contribution in [3.05, 3.63) is 64.7 Å². The molecule has 0 fully saturated rings. The lowest BCUT2D eigenvalue weighted by atomic mass is 10.1. The number of benzene rings is 2. The largest absolute Gasteiger partial charge is 0.483 e. The van der Waals surface area contributed by atoms with Crippen LogP contribution in [-0.4, -0.2) is 0 Å². The molecular formula is C15H15F2NO. The number of rotatable bonds is 4. The Morgan fingerprint density at radius 3 is 2.32 bits per heavy atom. The molecule has 0 bridgehead atoms. The van der Waals surface area contributed by atoms with Crippen LogP contribution in [0.3, 0.4) is 0 Å². The van der Waals surface area contributed by atoms with Crippen molar-refractivity contribution in [1.82, 2.24) is 0 Å². The predicted octanol–water partition coefficient (Wildman–Crippen LogP) is 3.31. The van der Waals surface area contributed by atoms with Crippen LogP contribution >= 0.6 is 0 Å². The first-order valence-corrected chi connectivity index (χ1v) is 5.97. The highest BCUT2D eigenvalue weighted by Crippen LogP contribution is 2.24. The van der Waals surface area contributed by atoms with Gasteiger partial charge in [-0.2, -0.15) is 0 Å². The van der Waals surface area contributed by atoms with E-state index in [1.54, 1.807) is 0 Å². The minimum Gasteiger partial charge on any atom is -0.483 e.